The van der Waals surface area contributed by atoms with Crippen molar-refractivity contribution >= 4 is 17.6 Å². The second kappa shape index (κ2) is 3.22. The topological polar surface area (TPSA) is 63.4 Å². The maximum Gasteiger partial charge on any atom is 0.239 e. The van der Waals surface area contributed by atoms with E-state index in [0.717, 1.165) is 0 Å². The number of amides is 2. The number of hydrogen-bond donors (Lipinski definition) is 0. The Bertz CT molecular complexity index is 640. The molecule has 6 atom stereocenters. The van der Waals surface area contributed by atoms with Crippen molar-refractivity contribution in [3.05, 3.63) is 24.0 Å². The zero-order valence-corrected chi connectivity index (χ0v) is 11.0. The van der Waals surface area contributed by atoms with Gasteiger partial charge in [-0.25, -0.2) is 4.90 Å². The SMILES string of the molecule is Cc1cc(N2C(=O)[C@@H]3[C@H]4C=C[C@@H]([C@@H]5C[C@H]45)[C@H]3C2=O)no1. The fourth-order valence-electron chi connectivity index (χ4n) is 4.64. The summed E-state index contributed by atoms with van der Waals surface area (Å²) in [4.78, 5) is 26.7. The number of rotatable bonds is 1. The van der Waals surface area contributed by atoms with Crippen molar-refractivity contribution in [1.82, 2.24) is 5.16 Å². The van der Waals surface area contributed by atoms with Crippen LogP contribution in [0.2, 0.25) is 0 Å². The molecule has 0 spiro atoms. The first-order valence-electron chi connectivity index (χ1n) is 7.16. The van der Waals surface area contributed by atoms with Gasteiger partial charge in [-0.3, -0.25) is 9.59 Å². The average molecular weight is 270 g/mol. The molecule has 2 heterocycles. The van der Waals surface area contributed by atoms with Gasteiger partial charge >= 0.3 is 0 Å². The highest BCUT2D eigenvalue weighted by Gasteiger charge is 2.67. The molecule has 5 aliphatic rings. The lowest BCUT2D eigenvalue weighted by Crippen LogP contribution is -2.40. The van der Waals surface area contributed by atoms with E-state index in [2.05, 4.69) is 17.3 Å². The third-order valence-electron chi connectivity index (χ3n) is 5.51. The van der Waals surface area contributed by atoms with Crippen molar-refractivity contribution in [3.63, 3.8) is 0 Å². The van der Waals surface area contributed by atoms with Crippen LogP contribution in [0.3, 0.4) is 0 Å². The number of aryl methyl sites for hydroxylation is 1. The summed E-state index contributed by atoms with van der Waals surface area (Å²) < 4.78 is 5.01. The van der Waals surface area contributed by atoms with Gasteiger partial charge in [0.1, 0.15) is 5.76 Å². The Labute approximate surface area is 115 Å². The summed E-state index contributed by atoms with van der Waals surface area (Å²) >= 11 is 0. The van der Waals surface area contributed by atoms with Gasteiger partial charge < -0.3 is 4.52 Å². The molecule has 6 rings (SSSR count). The molecule has 1 aromatic rings. The summed E-state index contributed by atoms with van der Waals surface area (Å²) in [6.45, 7) is 1.76. The fourth-order valence-corrected chi connectivity index (χ4v) is 4.64. The molecule has 0 N–H and O–H groups in total. The van der Waals surface area contributed by atoms with Crippen LogP contribution in [0.5, 0.6) is 0 Å². The van der Waals surface area contributed by atoms with Crippen molar-refractivity contribution < 1.29 is 14.1 Å². The quantitative estimate of drug-likeness (QED) is 0.573. The van der Waals surface area contributed by atoms with Gasteiger partial charge in [0.2, 0.25) is 11.8 Å². The first kappa shape index (κ1) is 10.8. The van der Waals surface area contributed by atoms with Gasteiger partial charge in [-0.15, -0.1) is 0 Å². The summed E-state index contributed by atoms with van der Waals surface area (Å²) in [7, 11) is 0. The Balaban J connectivity index is 1.60. The molecule has 2 bridgehead atoms. The Morgan fingerprint density at radius 1 is 1.15 bits per heavy atom. The second-order valence-corrected chi connectivity index (χ2v) is 6.46. The van der Waals surface area contributed by atoms with E-state index in [0.29, 0.717) is 23.4 Å². The lowest BCUT2D eigenvalue weighted by atomic mass is 9.63. The van der Waals surface area contributed by atoms with Gasteiger partial charge in [0.15, 0.2) is 5.82 Å². The molecule has 0 unspecified atom stereocenters. The van der Waals surface area contributed by atoms with Gasteiger partial charge in [0.05, 0.1) is 11.8 Å². The molecule has 102 valence electrons. The highest BCUT2D eigenvalue weighted by Crippen LogP contribution is 2.65. The maximum atomic E-state index is 12.7. The Kier molecular flexibility index (Phi) is 1.74. The number of imide groups is 1. The van der Waals surface area contributed by atoms with Crippen LogP contribution in [0.15, 0.2) is 22.7 Å². The third kappa shape index (κ3) is 1.09. The molecular weight excluding hydrogens is 256 g/mol. The Morgan fingerprint density at radius 3 is 2.25 bits per heavy atom. The first-order chi connectivity index (χ1) is 9.66. The lowest BCUT2D eigenvalue weighted by molar-refractivity contribution is -0.124. The first-order valence-corrected chi connectivity index (χ1v) is 7.16. The number of anilines is 1. The van der Waals surface area contributed by atoms with E-state index < -0.39 is 0 Å². The highest BCUT2D eigenvalue weighted by atomic mass is 16.5. The van der Waals surface area contributed by atoms with Crippen LogP contribution in [0.4, 0.5) is 5.82 Å². The molecule has 0 aromatic carbocycles. The van der Waals surface area contributed by atoms with Gasteiger partial charge in [-0.05, 0) is 37.0 Å². The molecule has 2 saturated carbocycles. The smallest absolute Gasteiger partial charge is 0.239 e. The van der Waals surface area contributed by atoms with Gasteiger partial charge in [-0.2, -0.15) is 0 Å². The molecule has 1 saturated heterocycles. The summed E-state index contributed by atoms with van der Waals surface area (Å²) in [5, 5.41) is 3.85. The van der Waals surface area contributed by atoms with Gasteiger partial charge in [0, 0.05) is 6.07 Å². The average Bonchev–Trinajstić information content (AvgIpc) is 3.10. The van der Waals surface area contributed by atoms with Crippen molar-refractivity contribution in [1.29, 1.82) is 0 Å². The van der Waals surface area contributed by atoms with Crippen LogP contribution in [0.1, 0.15) is 12.2 Å². The summed E-state index contributed by atoms with van der Waals surface area (Å²) in [6, 6.07) is 1.66. The molecule has 2 amide bonds. The third-order valence-corrected chi connectivity index (χ3v) is 5.51. The van der Waals surface area contributed by atoms with E-state index in [9.17, 15) is 9.59 Å². The molecule has 3 fully saturated rings. The molecule has 5 nitrogen and oxygen atoms in total. The van der Waals surface area contributed by atoms with Crippen LogP contribution in [0.25, 0.3) is 0 Å². The number of nitrogens with zero attached hydrogens (tertiary/aromatic N) is 2. The number of allylic oxidation sites excluding steroid dienone is 2. The second-order valence-electron chi connectivity index (χ2n) is 6.46. The monoisotopic (exact) mass is 270 g/mol. The predicted octanol–water partition coefficient (Wildman–Crippen LogP) is 1.54. The van der Waals surface area contributed by atoms with Crippen molar-refractivity contribution in [2.45, 2.75) is 13.3 Å². The molecule has 5 heteroatoms. The van der Waals surface area contributed by atoms with Crippen LogP contribution < -0.4 is 4.90 Å². The Hall–Kier alpha value is -1.91. The summed E-state index contributed by atoms with van der Waals surface area (Å²) in [5.41, 5.74) is 0. The predicted molar refractivity (Wildman–Crippen MR) is 68.4 cm³/mol. The number of hydrogen-bond acceptors (Lipinski definition) is 4. The molecule has 0 radical (unpaired) electrons. The number of aromatic nitrogens is 1. The molecule has 4 aliphatic carbocycles. The van der Waals surface area contributed by atoms with Crippen molar-refractivity contribution in [2.24, 2.45) is 35.5 Å². The van der Waals surface area contributed by atoms with E-state index in [1.807, 2.05) is 0 Å². The van der Waals surface area contributed by atoms with Crippen molar-refractivity contribution in [3.8, 4) is 0 Å². The summed E-state index contributed by atoms with van der Waals surface area (Å²) in [5.74, 6) is 2.21. The normalized spacial score (nSPS) is 44.0. The van der Waals surface area contributed by atoms with E-state index in [1.165, 1.54) is 11.3 Å². The standard InChI is InChI=1S/C15H14N2O3/c1-6-4-11(16-20-6)17-14(18)12-7-2-3-8(10-5-9(7)10)13(12)15(17)19/h2-4,7-10,12-13H,5H2,1H3/t7-,8-,9-,10+,12+,13+/m0/s1. The van der Waals surface area contributed by atoms with E-state index in [1.54, 1.807) is 13.0 Å². The Morgan fingerprint density at radius 2 is 1.75 bits per heavy atom. The van der Waals surface area contributed by atoms with E-state index >= 15 is 0 Å². The number of carbonyl (C=O) groups excluding carboxylic acids is 2. The zero-order chi connectivity index (χ0) is 13.6. The molecule has 20 heavy (non-hydrogen) atoms. The summed E-state index contributed by atoms with van der Waals surface area (Å²) in [6.07, 6.45) is 5.52. The zero-order valence-electron chi connectivity index (χ0n) is 11.0. The minimum Gasteiger partial charge on any atom is -0.360 e. The minimum atomic E-state index is -0.168. The fraction of sp³-hybridized carbons (Fsp3) is 0.533. The molecule has 1 aromatic heterocycles. The van der Waals surface area contributed by atoms with Gasteiger partial charge in [0.25, 0.3) is 0 Å². The molecular formula is C15H14N2O3. The number of carbonyl (C=O) groups is 2. The maximum absolute atomic E-state index is 12.7. The van der Waals surface area contributed by atoms with Crippen LogP contribution in [0, 0.1) is 42.4 Å². The van der Waals surface area contributed by atoms with E-state index in [-0.39, 0.29) is 35.5 Å². The largest absolute Gasteiger partial charge is 0.360 e. The van der Waals surface area contributed by atoms with Crippen molar-refractivity contribution in [2.75, 3.05) is 4.90 Å². The minimum absolute atomic E-state index is 0.0852. The van der Waals surface area contributed by atoms with E-state index in [4.69, 9.17) is 4.52 Å². The van der Waals surface area contributed by atoms with Crippen LogP contribution >= 0.6 is 0 Å². The van der Waals surface area contributed by atoms with Crippen LogP contribution in [-0.4, -0.2) is 17.0 Å². The highest BCUT2D eigenvalue weighted by molar-refractivity contribution is 6.22. The van der Waals surface area contributed by atoms with Gasteiger partial charge in [-0.1, -0.05) is 17.3 Å². The lowest BCUT2D eigenvalue weighted by Gasteiger charge is -2.37. The van der Waals surface area contributed by atoms with Crippen LogP contribution in [-0.2, 0) is 9.59 Å². The molecule has 1 aliphatic heterocycles.